The number of nitrogens with two attached hydrogens (primary N) is 1. The number of anilines is 1. The van der Waals surface area contributed by atoms with Gasteiger partial charge in [0.2, 0.25) is 0 Å². The molecule has 0 aliphatic rings. The van der Waals surface area contributed by atoms with Gasteiger partial charge in [-0.1, -0.05) is 23.8 Å². The monoisotopic (exact) mass is 226 g/mol. The van der Waals surface area contributed by atoms with Crippen LogP contribution in [0.15, 0.2) is 36.5 Å². The van der Waals surface area contributed by atoms with E-state index in [1.807, 2.05) is 32.0 Å². The largest absolute Gasteiger partial charge is 0.383 e. The molecule has 0 aliphatic heterocycles. The summed E-state index contributed by atoms with van der Waals surface area (Å²) in [6, 6.07) is 9.26. The Balaban J connectivity index is 2.51. The standard InChI is InChI=1S/C14H14N2O/c1-9-4-3-5-11(8-9)13(17)12-10(2)6-7-16-14(12)15/h3-8H,1-2H3,(H2,15,16). The SMILES string of the molecule is Cc1cccc(C(=O)c2c(C)ccnc2N)c1. The fourth-order valence-corrected chi connectivity index (χ4v) is 1.81. The number of carbonyl (C=O) groups is 1. The minimum atomic E-state index is -0.0724. The lowest BCUT2D eigenvalue weighted by atomic mass is 9.99. The highest BCUT2D eigenvalue weighted by Crippen LogP contribution is 2.18. The van der Waals surface area contributed by atoms with Gasteiger partial charge < -0.3 is 5.73 Å². The van der Waals surface area contributed by atoms with Crippen LogP contribution in [0.5, 0.6) is 0 Å². The van der Waals surface area contributed by atoms with E-state index >= 15 is 0 Å². The van der Waals surface area contributed by atoms with Gasteiger partial charge in [0.15, 0.2) is 5.78 Å². The number of rotatable bonds is 2. The fraction of sp³-hybridized carbons (Fsp3) is 0.143. The topological polar surface area (TPSA) is 56.0 Å². The van der Waals surface area contributed by atoms with Gasteiger partial charge in [0.25, 0.3) is 0 Å². The van der Waals surface area contributed by atoms with Crippen LogP contribution in [0.3, 0.4) is 0 Å². The van der Waals surface area contributed by atoms with Crippen molar-refractivity contribution < 1.29 is 4.79 Å². The number of ketones is 1. The summed E-state index contributed by atoms with van der Waals surface area (Å²) in [5, 5.41) is 0. The molecule has 2 aromatic rings. The lowest BCUT2D eigenvalue weighted by Gasteiger charge is -2.07. The quantitative estimate of drug-likeness (QED) is 0.800. The molecule has 0 saturated carbocycles. The summed E-state index contributed by atoms with van der Waals surface area (Å²) in [5.74, 6) is 0.216. The average molecular weight is 226 g/mol. The molecule has 0 fully saturated rings. The summed E-state index contributed by atoms with van der Waals surface area (Å²) < 4.78 is 0. The Hall–Kier alpha value is -2.16. The Morgan fingerprint density at radius 1 is 1.24 bits per heavy atom. The van der Waals surface area contributed by atoms with Gasteiger partial charge in [-0.2, -0.15) is 0 Å². The second-order valence-electron chi connectivity index (χ2n) is 4.09. The zero-order valence-electron chi connectivity index (χ0n) is 9.90. The number of aromatic nitrogens is 1. The predicted octanol–water partition coefficient (Wildman–Crippen LogP) is 2.51. The first-order valence-electron chi connectivity index (χ1n) is 5.42. The minimum absolute atomic E-state index is 0.0724. The van der Waals surface area contributed by atoms with Gasteiger partial charge in [-0.3, -0.25) is 4.79 Å². The summed E-state index contributed by atoms with van der Waals surface area (Å²) in [7, 11) is 0. The third-order valence-corrected chi connectivity index (χ3v) is 2.70. The van der Waals surface area contributed by atoms with Gasteiger partial charge in [-0.25, -0.2) is 4.98 Å². The molecule has 0 aliphatic carbocycles. The molecule has 0 spiro atoms. The summed E-state index contributed by atoms with van der Waals surface area (Å²) in [6.45, 7) is 3.82. The van der Waals surface area contributed by atoms with Crippen LogP contribution in [0.25, 0.3) is 0 Å². The highest BCUT2D eigenvalue weighted by atomic mass is 16.1. The van der Waals surface area contributed by atoms with Crippen LogP contribution in [0, 0.1) is 13.8 Å². The van der Waals surface area contributed by atoms with Gasteiger partial charge in [-0.05, 0) is 31.5 Å². The summed E-state index contributed by atoms with van der Waals surface area (Å²) in [4.78, 5) is 16.3. The Bertz CT molecular complexity index is 556. The maximum atomic E-state index is 12.3. The maximum Gasteiger partial charge on any atom is 0.197 e. The Kier molecular flexibility index (Phi) is 2.91. The van der Waals surface area contributed by atoms with Gasteiger partial charge >= 0.3 is 0 Å². The number of benzene rings is 1. The smallest absolute Gasteiger partial charge is 0.197 e. The third kappa shape index (κ3) is 2.18. The molecule has 0 saturated heterocycles. The van der Waals surface area contributed by atoms with Crippen LogP contribution in [-0.2, 0) is 0 Å². The molecule has 0 atom stereocenters. The highest BCUT2D eigenvalue weighted by Gasteiger charge is 2.15. The minimum Gasteiger partial charge on any atom is -0.383 e. The summed E-state index contributed by atoms with van der Waals surface area (Å²) in [6.07, 6.45) is 1.61. The zero-order valence-corrected chi connectivity index (χ0v) is 9.90. The molecule has 86 valence electrons. The first-order chi connectivity index (χ1) is 8.09. The van der Waals surface area contributed by atoms with Crippen molar-refractivity contribution in [3.63, 3.8) is 0 Å². The number of nitrogen functional groups attached to an aromatic ring is 1. The number of hydrogen-bond acceptors (Lipinski definition) is 3. The maximum absolute atomic E-state index is 12.3. The summed E-state index contributed by atoms with van der Waals surface area (Å²) in [5.41, 5.74) is 8.81. The molecule has 0 amide bonds. The van der Waals surface area contributed by atoms with E-state index in [1.165, 1.54) is 0 Å². The number of carbonyl (C=O) groups excluding carboxylic acids is 1. The molecule has 1 aromatic carbocycles. The van der Waals surface area contributed by atoms with Crippen molar-refractivity contribution in [2.24, 2.45) is 0 Å². The van der Waals surface area contributed by atoms with Crippen molar-refractivity contribution in [2.45, 2.75) is 13.8 Å². The normalized spacial score (nSPS) is 10.2. The number of hydrogen-bond donors (Lipinski definition) is 1. The lowest BCUT2D eigenvalue weighted by Crippen LogP contribution is -2.09. The molecular formula is C14H14N2O. The van der Waals surface area contributed by atoms with Crippen molar-refractivity contribution in [2.75, 3.05) is 5.73 Å². The molecule has 17 heavy (non-hydrogen) atoms. The van der Waals surface area contributed by atoms with Crippen molar-refractivity contribution in [3.05, 3.63) is 58.8 Å². The van der Waals surface area contributed by atoms with E-state index < -0.39 is 0 Å². The highest BCUT2D eigenvalue weighted by molar-refractivity contribution is 6.12. The van der Waals surface area contributed by atoms with Crippen LogP contribution in [0.4, 0.5) is 5.82 Å². The van der Waals surface area contributed by atoms with Crippen molar-refractivity contribution >= 4 is 11.6 Å². The first kappa shape index (κ1) is 11.3. The van der Waals surface area contributed by atoms with E-state index in [0.717, 1.165) is 11.1 Å². The number of aryl methyl sites for hydroxylation is 2. The lowest BCUT2D eigenvalue weighted by molar-refractivity contribution is 0.103. The third-order valence-electron chi connectivity index (χ3n) is 2.70. The number of nitrogens with zero attached hydrogens (tertiary/aromatic N) is 1. The molecule has 2 N–H and O–H groups in total. The Morgan fingerprint density at radius 2 is 2.00 bits per heavy atom. The Labute approximate surface area is 100 Å². The molecule has 3 nitrogen and oxygen atoms in total. The number of pyridine rings is 1. The molecule has 0 radical (unpaired) electrons. The zero-order chi connectivity index (χ0) is 12.4. The van der Waals surface area contributed by atoms with Crippen LogP contribution in [-0.4, -0.2) is 10.8 Å². The molecule has 3 heteroatoms. The van der Waals surface area contributed by atoms with Crippen molar-refractivity contribution in [1.82, 2.24) is 4.98 Å². The van der Waals surface area contributed by atoms with E-state index in [2.05, 4.69) is 4.98 Å². The first-order valence-corrected chi connectivity index (χ1v) is 5.42. The van der Waals surface area contributed by atoms with E-state index in [9.17, 15) is 4.79 Å². The second-order valence-corrected chi connectivity index (χ2v) is 4.09. The molecule has 1 heterocycles. The van der Waals surface area contributed by atoms with Gasteiger partial charge in [0.1, 0.15) is 5.82 Å². The van der Waals surface area contributed by atoms with Crippen molar-refractivity contribution in [3.8, 4) is 0 Å². The van der Waals surface area contributed by atoms with E-state index in [4.69, 9.17) is 5.73 Å². The van der Waals surface area contributed by atoms with Crippen molar-refractivity contribution in [1.29, 1.82) is 0 Å². The van der Waals surface area contributed by atoms with Gasteiger partial charge in [0, 0.05) is 11.8 Å². The van der Waals surface area contributed by atoms with Crippen LogP contribution >= 0.6 is 0 Å². The van der Waals surface area contributed by atoms with Gasteiger partial charge in [-0.15, -0.1) is 0 Å². The van der Waals surface area contributed by atoms with Crippen LogP contribution in [0.2, 0.25) is 0 Å². The molecular weight excluding hydrogens is 212 g/mol. The second kappa shape index (κ2) is 4.37. The van der Waals surface area contributed by atoms with Crippen LogP contribution in [0.1, 0.15) is 27.0 Å². The van der Waals surface area contributed by atoms with E-state index in [-0.39, 0.29) is 11.6 Å². The van der Waals surface area contributed by atoms with E-state index in [1.54, 1.807) is 18.3 Å². The molecule has 0 bridgehead atoms. The Morgan fingerprint density at radius 3 is 2.65 bits per heavy atom. The predicted molar refractivity (Wildman–Crippen MR) is 68.0 cm³/mol. The fourth-order valence-electron chi connectivity index (χ4n) is 1.81. The average Bonchev–Trinajstić information content (AvgIpc) is 2.28. The molecule has 1 aromatic heterocycles. The molecule has 2 rings (SSSR count). The van der Waals surface area contributed by atoms with Gasteiger partial charge in [0.05, 0.1) is 5.56 Å². The van der Waals surface area contributed by atoms with E-state index in [0.29, 0.717) is 11.1 Å². The summed E-state index contributed by atoms with van der Waals surface area (Å²) >= 11 is 0. The van der Waals surface area contributed by atoms with Crippen LogP contribution < -0.4 is 5.73 Å². The molecule has 0 unspecified atom stereocenters.